The molecule has 4 heteroatoms. The minimum Gasteiger partial charge on any atom is -0.266 e. The highest BCUT2D eigenvalue weighted by Crippen LogP contribution is 2.31. The molecule has 3 nitrogen and oxygen atoms in total. The Morgan fingerprint density at radius 3 is 2.48 bits per heavy atom. The number of aliphatic imine (C=N–C) groups is 1. The van der Waals surface area contributed by atoms with Gasteiger partial charge in [-0.15, -0.1) is 0 Å². The summed E-state index contributed by atoms with van der Waals surface area (Å²) in [6.45, 7) is 2.04. The molecular formula is C27H19BrN2O. The van der Waals surface area contributed by atoms with Crippen LogP contribution in [0.5, 0.6) is 0 Å². The standard InChI is InChI=1S/C27H19BrN2O/c1-18-7-4-11-21(15-18)26-29-25(27(31)30(26)23-13-6-12-22(28)17-23)16-20-10-5-9-19-8-2-3-14-24(19)20/h2-17H,1H3/b25-16+. The van der Waals surface area contributed by atoms with Crippen molar-refractivity contribution in [2.75, 3.05) is 4.90 Å². The zero-order valence-electron chi connectivity index (χ0n) is 16.9. The molecule has 150 valence electrons. The number of anilines is 1. The van der Waals surface area contributed by atoms with Crippen LogP contribution in [0.1, 0.15) is 16.7 Å². The molecule has 0 fully saturated rings. The molecule has 0 aliphatic carbocycles. The number of fused-ring (bicyclic) bond motifs is 1. The second-order valence-corrected chi connectivity index (χ2v) is 8.44. The van der Waals surface area contributed by atoms with E-state index in [4.69, 9.17) is 4.99 Å². The number of halogens is 1. The van der Waals surface area contributed by atoms with Crippen LogP contribution in [-0.4, -0.2) is 11.7 Å². The van der Waals surface area contributed by atoms with E-state index in [0.717, 1.165) is 37.6 Å². The number of amidine groups is 1. The summed E-state index contributed by atoms with van der Waals surface area (Å²) in [4.78, 5) is 20.1. The van der Waals surface area contributed by atoms with Crippen LogP contribution in [0.2, 0.25) is 0 Å². The van der Waals surface area contributed by atoms with E-state index in [1.165, 1.54) is 0 Å². The van der Waals surface area contributed by atoms with Crippen molar-refractivity contribution in [1.29, 1.82) is 0 Å². The van der Waals surface area contributed by atoms with E-state index in [-0.39, 0.29) is 5.91 Å². The summed E-state index contributed by atoms with van der Waals surface area (Å²) in [7, 11) is 0. The number of hydrogen-bond donors (Lipinski definition) is 0. The Bertz CT molecular complexity index is 1380. The first-order valence-electron chi connectivity index (χ1n) is 10.1. The zero-order chi connectivity index (χ0) is 21.4. The third kappa shape index (κ3) is 3.71. The Balaban J connectivity index is 1.68. The normalized spacial score (nSPS) is 15.0. The third-order valence-electron chi connectivity index (χ3n) is 5.32. The second-order valence-electron chi connectivity index (χ2n) is 7.52. The van der Waals surface area contributed by atoms with Crippen molar-refractivity contribution in [3.63, 3.8) is 0 Å². The van der Waals surface area contributed by atoms with Gasteiger partial charge in [0, 0.05) is 10.0 Å². The fourth-order valence-corrected chi connectivity index (χ4v) is 4.26. The molecule has 4 aromatic rings. The van der Waals surface area contributed by atoms with Gasteiger partial charge in [-0.25, -0.2) is 4.99 Å². The number of nitrogens with zero attached hydrogens (tertiary/aromatic N) is 2. The van der Waals surface area contributed by atoms with Crippen molar-refractivity contribution in [3.05, 3.63) is 118 Å². The van der Waals surface area contributed by atoms with Gasteiger partial charge in [-0.1, -0.05) is 88.2 Å². The summed E-state index contributed by atoms with van der Waals surface area (Å²) in [6, 6.07) is 30.1. The molecule has 5 rings (SSSR count). The van der Waals surface area contributed by atoms with E-state index in [0.29, 0.717) is 11.5 Å². The Morgan fingerprint density at radius 2 is 1.65 bits per heavy atom. The van der Waals surface area contributed by atoms with Crippen LogP contribution in [0.3, 0.4) is 0 Å². The van der Waals surface area contributed by atoms with Crippen molar-refractivity contribution in [2.24, 2.45) is 4.99 Å². The highest BCUT2D eigenvalue weighted by Gasteiger charge is 2.32. The quantitative estimate of drug-likeness (QED) is 0.307. The number of aryl methyl sites for hydroxylation is 1. The molecule has 0 radical (unpaired) electrons. The number of carbonyl (C=O) groups excluding carboxylic acids is 1. The average molecular weight is 467 g/mol. The highest BCUT2D eigenvalue weighted by molar-refractivity contribution is 9.10. The first-order valence-corrected chi connectivity index (χ1v) is 10.8. The van der Waals surface area contributed by atoms with E-state index in [1.807, 2.05) is 79.7 Å². The summed E-state index contributed by atoms with van der Waals surface area (Å²) in [5.41, 5.74) is 4.21. The smallest absolute Gasteiger partial charge is 0.266 e. The van der Waals surface area contributed by atoms with Gasteiger partial charge in [0.15, 0.2) is 0 Å². The molecule has 1 aliphatic rings. The number of benzene rings is 4. The molecule has 1 aliphatic heterocycles. The van der Waals surface area contributed by atoms with Crippen LogP contribution in [0, 0.1) is 6.92 Å². The van der Waals surface area contributed by atoms with E-state index in [9.17, 15) is 4.79 Å². The van der Waals surface area contributed by atoms with Crippen LogP contribution in [0.15, 0.2) is 106 Å². The molecule has 0 saturated carbocycles. The Labute approximate surface area is 189 Å². The summed E-state index contributed by atoms with van der Waals surface area (Å²) >= 11 is 3.52. The molecule has 1 amide bonds. The molecule has 1 heterocycles. The van der Waals surface area contributed by atoms with Gasteiger partial charge in [-0.2, -0.15) is 0 Å². The molecule has 0 saturated heterocycles. The molecule has 0 aromatic heterocycles. The number of amides is 1. The zero-order valence-corrected chi connectivity index (χ0v) is 18.5. The van der Waals surface area contributed by atoms with Gasteiger partial charge in [0.2, 0.25) is 0 Å². The van der Waals surface area contributed by atoms with Crippen LogP contribution in [0.4, 0.5) is 5.69 Å². The Kier molecular flexibility index (Phi) is 5.00. The molecule has 31 heavy (non-hydrogen) atoms. The van der Waals surface area contributed by atoms with Crippen molar-refractivity contribution >= 4 is 50.2 Å². The van der Waals surface area contributed by atoms with Gasteiger partial charge >= 0.3 is 0 Å². The summed E-state index contributed by atoms with van der Waals surface area (Å²) < 4.78 is 0.910. The van der Waals surface area contributed by atoms with Gasteiger partial charge in [0.05, 0.1) is 5.69 Å². The van der Waals surface area contributed by atoms with Crippen LogP contribution in [-0.2, 0) is 4.79 Å². The SMILES string of the molecule is Cc1cccc(C2=N/C(=C/c3cccc4ccccc34)C(=O)N2c2cccc(Br)c2)c1. The van der Waals surface area contributed by atoms with Crippen LogP contribution >= 0.6 is 15.9 Å². The summed E-state index contributed by atoms with van der Waals surface area (Å²) in [5, 5.41) is 2.23. The Hall–Kier alpha value is -3.50. The lowest BCUT2D eigenvalue weighted by atomic mass is 10.0. The topological polar surface area (TPSA) is 32.7 Å². The van der Waals surface area contributed by atoms with Crippen molar-refractivity contribution in [2.45, 2.75) is 6.92 Å². The molecule has 0 unspecified atom stereocenters. The predicted octanol–water partition coefficient (Wildman–Crippen LogP) is 6.75. The Morgan fingerprint density at radius 1 is 0.871 bits per heavy atom. The van der Waals surface area contributed by atoms with Gasteiger partial charge < -0.3 is 0 Å². The van der Waals surface area contributed by atoms with E-state index < -0.39 is 0 Å². The molecular weight excluding hydrogens is 448 g/mol. The lowest BCUT2D eigenvalue weighted by Crippen LogP contribution is -2.32. The fourth-order valence-electron chi connectivity index (χ4n) is 3.87. The molecule has 0 bridgehead atoms. The lowest BCUT2D eigenvalue weighted by Gasteiger charge is -2.19. The predicted molar refractivity (Wildman–Crippen MR) is 131 cm³/mol. The van der Waals surface area contributed by atoms with E-state index in [2.05, 4.69) is 40.2 Å². The number of rotatable bonds is 3. The average Bonchev–Trinajstić information content (AvgIpc) is 3.10. The van der Waals surface area contributed by atoms with Gasteiger partial charge in [-0.3, -0.25) is 9.69 Å². The highest BCUT2D eigenvalue weighted by atomic mass is 79.9. The monoisotopic (exact) mass is 466 g/mol. The second kappa shape index (κ2) is 7.97. The van der Waals surface area contributed by atoms with Crippen LogP contribution in [0.25, 0.3) is 16.8 Å². The van der Waals surface area contributed by atoms with E-state index >= 15 is 0 Å². The number of carbonyl (C=O) groups is 1. The minimum absolute atomic E-state index is 0.137. The molecule has 0 spiro atoms. The van der Waals surface area contributed by atoms with Crippen molar-refractivity contribution in [1.82, 2.24) is 0 Å². The summed E-state index contributed by atoms with van der Waals surface area (Å²) in [6.07, 6.45) is 1.89. The maximum atomic E-state index is 13.6. The fraction of sp³-hybridized carbons (Fsp3) is 0.0370. The first-order chi connectivity index (χ1) is 15.1. The lowest BCUT2D eigenvalue weighted by molar-refractivity contribution is -0.113. The molecule has 0 atom stereocenters. The van der Waals surface area contributed by atoms with Gasteiger partial charge in [0.25, 0.3) is 5.91 Å². The molecule has 4 aromatic carbocycles. The largest absolute Gasteiger partial charge is 0.282 e. The van der Waals surface area contributed by atoms with Gasteiger partial charge in [0.1, 0.15) is 11.5 Å². The van der Waals surface area contributed by atoms with Crippen LogP contribution < -0.4 is 4.90 Å². The van der Waals surface area contributed by atoms with Gasteiger partial charge in [-0.05, 0) is 53.6 Å². The molecule has 0 N–H and O–H groups in total. The third-order valence-corrected chi connectivity index (χ3v) is 5.81. The van der Waals surface area contributed by atoms with Crippen molar-refractivity contribution < 1.29 is 4.79 Å². The number of hydrogen-bond acceptors (Lipinski definition) is 2. The maximum absolute atomic E-state index is 13.6. The van der Waals surface area contributed by atoms with Crippen molar-refractivity contribution in [3.8, 4) is 0 Å². The minimum atomic E-state index is -0.137. The first kappa shape index (κ1) is 19.5. The van der Waals surface area contributed by atoms with E-state index in [1.54, 1.807) is 4.90 Å². The maximum Gasteiger partial charge on any atom is 0.282 e. The summed E-state index contributed by atoms with van der Waals surface area (Å²) in [5.74, 6) is 0.501.